The number of benzene rings is 1. The Morgan fingerprint density at radius 3 is 2.21 bits per heavy atom. The highest BCUT2D eigenvalue weighted by atomic mass is 16.4. The van der Waals surface area contributed by atoms with Crippen LogP contribution >= 0.6 is 0 Å². The number of furan rings is 2. The Bertz CT molecular complexity index is 1000. The van der Waals surface area contributed by atoms with Crippen molar-refractivity contribution in [2.24, 2.45) is 0 Å². The van der Waals surface area contributed by atoms with E-state index in [1.165, 1.54) is 12.1 Å². The van der Waals surface area contributed by atoms with Crippen LogP contribution in [-0.2, 0) is 0 Å². The van der Waals surface area contributed by atoms with E-state index in [1.807, 2.05) is 0 Å². The van der Waals surface area contributed by atoms with Crippen molar-refractivity contribution in [2.45, 2.75) is 0 Å². The number of rotatable bonds is 0. The van der Waals surface area contributed by atoms with Gasteiger partial charge in [-0.15, -0.1) is 0 Å². The van der Waals surface area contributed by atoms with Crippen LogP contribution in [-0.4, -0.2) is 10.2 Å². The van der Waals surface area contributed by atoms with Crippen LogP contribution in [0.15, 0.2) is 42.7 Å². The van der Waals surface area contributed by atoms with Crippen molar-refractivity contribution in [2.75, 3.05) is 0 Å². The molecule has 4 aromatic rings. The van der Waals surface area contributed by atoms with Gasteiger partial charge in [0.2, 0.25) is 0 Å². The molecule has 4 rings (SSSR count). The molecule has 0 amide bonds. The van der Waals surface area contributed by atoms with Gasteiger partial charge >= 0.3 is 5.63 Å². The van der Waals surface area contributed by atoms with Gasteiger partial charge < -0.3 is 23.5 Å². The predicted octanol–water partition coefficient (Wildman–Crippen LogP) is 2.70. The number of fused-ring (bicyclic) bond motifs is 6. The molecule has 0 radical (unpaired) electrons. The van der Waals surface area contributed by atoms with Crippen LogP contribution < -0.4 is 5.63 Å². The lowest BCUT2D eigenvalue weighted by Gasteiger charge is -1.99. The van der Waals surface area contributed by atoms with E-state index in [9.17, 15) is 15.0 Å². The minimum Gasteiger partial charge on any atom is -0.504 e. The zero-order chi connectivity index (χ0) is 13.1. The van der Waals surface area contributed by atoms with Crippen LogP contribution in [0.2, 0.25) is 0 Å². The van der Waals surface area contributed by atoms with Gasteiger partial charge in [0.05, 0.1) is 5.39 Å². The Balaban J connectivity index is 2.50. The van der Waals surface area contributed by atoms with Crippen LogP contribution in [0.4, 0.5) is 0 Å². The van der Waals surface area contributed by atoms with Crippen LogP contribution in [0.25, 0.3) is 32.9 Å². The van der Waals surface area contributed by atoms with Gasteiger partial charge in [0.15, 0.2) is 28.2 Å². The lowest BCUT2D eigenvalue weighted by Crippen LogP contribution is -1.94. The molecule has 0 saturated carbocycles. The molecule has 0 aliphatic rings. The van der Waals surface area contributed by atoms with Gasteiger partial charge in [-0.25, -0.2) is 4.79 Å². The maximum absolute atomic E-state index is 11.3. The first-order valence-corrected chi connectivity index (χ1v) is 5.43. The quantitative estimate of drug-likeness (QED) is 0.470. The van der Waals surface area contributed by atoms with Crippen LogP contribution in [0.1, 0.15) is 0 Å². The van der Waals surface area contributed by atoms with Gasteiger partial charge in [-0.1, -0.05) is 0 Å². The number of aromatic hydroxyl groups is 2. The van der Waals surface area contributed by atoms with Gasteiger partial charge in [-0.05, 0) is 6.07 Å². The summed E-state index contributed by atoms with van der Waals surface area (Å²) in [6, 6.07) is 2.75. The van der Waals surface area contributed by atoms with Gasteiger partial charge in [-0.2, -0.15) is 0 Å². The van der Waals surface area contributed by atoms with Gasteiger partial charge in [0.1, 0.15) is 23.3 Å². The van der Waals surface area contributed by atoms with E-state index in [1.54, 1.807) is 0 Å². The molecule has 94 valence electrons. The second-order valence-electron chi connectivity index (χ2n) is 4.15. The summed E-state index contributed by atoms with van der Waals surface area (Å²) < 4.78 is 15.6. The Morgan fingerprint density at radius 2 is 1.47 bits per heavy atom. The molecule has 19 heavy (non-hydrogen) atoms. The molecule has 0 atom stereocenters. The summed E-state index contributed by atoms with van der Waals surface area (Å²) in [7, 11) is 0. The Labute approximate surface area is 104 Å². The van der Waals surface area contributed by atoms with Crippen molar-refractivity contribution < 1.29 is 23.5 Å². The van der Waals surface area contributed by atoms with E-state index in [4.69, 9.17) is 13.3 Å². The molecule has 0 saturated heterocycles. The van der Waals surface area contributed by atoms with Gasteiger partial charge in [0.25, 0.3) is 0 Å². The zero-order valence-corrected chi connectivity index (χ0v) is 9.34. The molecule has 3 aromatic heterocycles. The molecule has 0 aliphatic heterocycles. The normalized spacial score (nSPS) is 11.8. The number of hydrogen-bond donors (Lipinski definition) is 2. The third-order valence-corrected chi connectivity index (χ3v) is 3.08. The summed E-state index contributed by atoms with van der Waals surface area (Å²) in [5.41, 5.74) is 0.152. The molecule has 0 fully saturated rings. The van der Waals surface area contributed by atoms with Crippen molar-refractivity contribution >= 4 is 32.9 Å². The SMILES string of the molecule is O=c1ccc2c3occ(O)c3c3occ(O)c3c2o1. The van der Waals surface area contributed by atoms with E-state index in [2.05, 4.69) is 0 Å². The van der Waals surface area contributed by atoms with Crippen molar-refractivity contribution in [1.82, 2.24) is 0 Å². The van der Waals surface area contributed by atoms with Crippen molar-refractivity contribution in [1.29, 1.82) is 0 Å². The predicted molar refractivity (Wildman–Crippen MR) is 65.4 cm³/mol. The average molecular weight is 258 g/mol. The molecule has 0 bridgehead atoms. The monoisotopic (exact) mass is 258 g/mol. The zero-order valence-electron chi connectivity index (χ0n) is 9.34. The van der Waals surface area contributed by atoms with Crippen molar-refractivity contribution in [3.63, 3.8) is 0 Å². The van der Waals surface area contributed by atoms with E-state index >= 15 is 0 Å². The van der Waals surface area contributed by atoms with E-state index < -0.39 is 5.63 Å². The lowest BCUT2D eigenvalue weighted by molar-refractivity contribution is 0.461. The summed E-state index contributed by atoms with van der Waals surface area (Å²) in [6.45, 7) is 0. The van der Waals surface area contributed by atoms with Gasteiger partial charge in [0, 0.05) is 6.07 Å². The highest BCUT2D eigenvalue weighted by molar-refractivity contribution is 6.23. The molecule has 6 heteroatoms. The minimum absolute atomic E-state index is 0.109. The molecular weight excluding hydrogens is 252 g/mol. The third kappa shape index (κ3) is 1.12. The smallest absolute Gasteiger partial charge is 0.336 e. The summed E-state index contributed by atoms with van der Waals surface area (Å²) in [5, 5.41) is 20.7. The topological polar surface area (TPSA) is 97.0 Å². The van der Waals surface area contributed by atoms with Crippen molar-refractivity contribution in [3.8, 4) is 11.5 Å². The summed E-state index contributed by atoms with van der Waals surface area (Å²) >= 11 is 0. The fourth-order valence-electron chi connectivity index (χ4n) is 2.30. The highest BCUT2D eigenvalue weighted by Gasteiger charge is 2.21. The van der Waals surface area contributed by atoms with Crippen LogP contribution in [0.5, 0.6) is 11.5 Å². The molecular formula is C13H6O6. The summed E-state index contributed by atoms with van der Waals surface area (Å²) in [6.07, 6.45) is 2.28. The highest BCUT2D eigenvalue weighted by Crippen LogP contribution is 2.43. The van der Waals surface area contributed by atoms with E-state index in [0.29, 0.717) is 16.4 Å². The first-order valence-electron chi connectivity index (χ1n) is 5.43. The molecule has 0 spiro atoms. The Kier molecular flexibility index (Phi) is 1.65. The summed E-state index contributed by atoms with van der Waals surface area (Å²) in [4.78, 5) is 11.3. The van der Waals surface area contributed by atoms with Crippen LogP contribution in [0, 0.1) is 0 Å². The molecule has 0 unspecified atom stereocenters. The maximum atomic E-state index is 11.3. The van der Waals surface area contributed by atoms with Gasteiger partial charge in [-0.3, -0.25) is 0 Å². The Hall–Kier alpha value is -2.89. The van der Waals surface area contributed by atoms with Crippen molar-refractivity contribution in [3.05, 3.63) is 35.1 Å². The first kappa shape index (κ1) is 10.1. The second-order valence-corrected chi connectivity index (χ2v) is 4.15. The third-order valence-electron chi connectivity index (χ3n) is 3.08. The average Bonchev–Trinajstić information content (AvgIpc) is 2.94. The lowest BCUT2D eigenvalue weighted by atomic mass is 10.1. The Morgan fingerprint density at radius 1 is 0.842 bits per heavy atom. The molecule has 0 aliphatic carbocycles. The standard InChI is InChI=1S/C13H6O6/c14-6-3-17-11-5-1-2-8(16)19-12(5)10-7(15)4-18-13(10)9(6)11/h1-4,14-15H. The molecule has 3 heterocycles. The molecule has 1 aromatic carbocycles. The summed E-state index contributed by atoms with van der Waals surface area (Å²) in [5.74, 6) is -0.278. The second kappa shape index (κ2) is 3.11. The van der Waals surface area contributed by atoms with Crippen LogP contribution in [0.3, 0.4) is 0 Å². The van der Waals surface area contributed by atoms with E-state index in [0.717, 1.165) is 12.5 Å². The fourth-order valence-corrected chi connectivity index (χ4v) is 2.30. The first-order chi connectivity index (χ1) is 9.16. The van der Waals surface area contributed by atoms with E-state index in [-0.39, 0.29) is 28.1 Å². The number of hydrogen-bond acceptors (Lipinski definition) is 6. The minimum atomic E-state index is -0.551. The molecule has 2 N–H and O–H groups in total. The largest absolute Gasteiger partial charge is 0.504 e. The maximum Gasteiger partial charge on any atom is 0.336 e. The fraction of sp³-hybridized carbons (Fsp3) is 0. The molecule has 6 nitrogen and oxygen atoms in total.